The summed E-state index contributed by atoms with van der Waals surface area (Å²) in [5.41, 5.74) is 6.82. The van der Waals surface area contributed by atoms with Crippen LogP contribution in [-0.2, 0) is 4.65 Å². The Morgan fingerprint density at radius 1 is 1.00 bits per heavy atom. The number of hydrogen-bond acceptors (Lipinski definition) is 5. The van der Waals surface area contributed by atoms with Crippen molar-refractivity contribution in [3.8, 4) is 0 Å². The average Bonchev–Trinajstić information content (AvgIpc) is 2.58. The molecule has 0 heterocycles. The van der Waals surface area contributed by atoms with Gasteiger partial charge in [-0.1, -0.05) is 11.5 Å². The Labute approximate surface area is 161 Å². The molecule has 0 aromatic heterocycles. The third-order valence-electron chi connectivity index (χ3n) is 4.68. The summed E-state index contributed by atoms with van der Waals surface area (Å²) in [5, 5.41) is 10.1. The number of rotatable bonds is 8. The molecule has 0 spiro atoms. The molecular weight excluding hydrogens is 344 g/mol. The van der Waals surface area contributed by atoms with E-state index < -0.39 is 17.0 Å². The number of halogens is 1. The third-order valence-corrected chi connectivity index (χ3v) is 4.68. The first-order valence-corrected chi connectivity index (χ1v) is 8.82. The molecule has 5 nitrogen and oxygen atoms in total. The van der Waals surface area contributed by atoms with E-state index in [2.05, 4.69) is 10.9 Å². The van der Waals surface area contributed by atoms with Crippen molar-refractivity contribution in [3.05, 3.63) is 48.3 Å². The summed E-state index contributed by atoms with van der Waals surface area (Å²) >= 11 is 0. The van der Waals surface area contributed by atoms with E-state index >= 15 is 0 Å². The number of aliphatic hydroxyl groups is 1. The predicted molar refractivity (Wildman–Crippen MR) is 111 cm³/mol. The van der Waals surface area contributed by atoms with Gasteiger partial charge < -0.3 is 20.1 Å². The number of benzene rings is 2. The zero-order chi connectivity index (χ0) is 20.2. The second-order valence-electron chi connectivity index (χ2n) is 7.74. The van der Waals surface area contributed by atoms with Gasteiger partial charge >= 0.3 is 7.48 Å². The van der Waals surface area contributed by atoms with Gasteiger partial charge in [0.1, 0.15) is 5.82 Å². The second-order valence-corrected chi connectivity index (χ2v) is 7.74. The van der Waals surface area contributed by atoms with Crippen LogP contribution >= 0.6 is 0 Å². The van der Waals surface area contributed by atoms with Crippen molar-refractivity contribution >= 4 is 30.0 Å². The molecule has 145 valence electrons. The Hall–Kier alpha value is -2.25. The van der Waals surface area contributed by atoms with Gasteiger partial charge in [0.15, 0.2) is 0 Å². The topological polar surface area (TPSA) is 56.8 Å². The molecule has 0 atom stereocenters. The number of hydrazine groups is 1. The molecule has 0 aliphatic heterocycles. The van der Waals surface area contributed by atoms with Gasteiger partial charge in [-0.2, -0.15) is 0 Å². The van der Waals surface area contributed by atoms with Crippen molar-refractivity contribution in [2.75, 3.05) is 29.8 Å². The van der Waals surface area contributed by atoms with Gasteiger partial charge in [0.25, 0.3) is 0 Å². The average molecular weight is 372 g/mol. The van der Waals surface area contributed by atoms with Crippen LogP contribution in [0.2, 0.25) is 0 Å². The van der Waals surface area contributed by atoms with E-state index in [0.717, 1.165) is 11.4 Å². The minimum absolute atomic E-state index is 0.325. The molecule has 0 amide bonds. The minimum atomic E-state index is -1.03. The number of hydrogen-bond donors (Lipinski definition) is 3. The fourth-order valence-electron chi connectivity index (χ4n) is 2.05. The molecule has 3 N–H and O–H groups in total. The highest BCUT2D eigenvalue weighted by Gasteiger charge is 2.35. The number of nitrogens with zero attached hydrogens (tertiary/aromatic N) is 1. The summed E-state index contributed by atoms with van der Waals surface area (Å²) in [7, 11) is 5.40. The summed E-state index contributed by atoms with van der Waals surface area (Å²) in [6.07, 6.45) is 0. The predicted octanol–water partition coefficient (Wildman–Crippen LogP) is 3.14. The molecule has 2 aromatic rings. The molecule has 7 heteroatoms. The normalized spacial score (nSPS) is 11.9. The maximum atomic E-state index is 14.3. The van der Waals surface area contributed by atoms with E-state index in [0.29, 0.717) is 11.2 Å². The van der Waals surface area contributed by atoms with E-state index in [1.165, 1.54) is 13.5 Å². The first-order chi connectivity index (χ1) is 12.5. The van der Waals surface area contributed by atoms with Gasteiger partial charge in [0.05, 0.1) is 22.6 Å². The minimum Gasteiger partial charge on any atom is -0.427 e. The van der Waals surface area contributed by atoms with Crippen LogP contribution in [0.3, 0.4) is 0 Å². The molecule has 0 aliphatic rings. The van der Waals surface area contributed by atoms with Crippen LogP contribution in [0.4, 0.5) is 21.5 Å². The monoisotopic (exact) mass is 372 g/mol. The van der Waals surface area contributed by atoms with Crippen molar-refractivity contribution in [2.24, 2.45) is 0 Å². The number of nitrogens with one attached hydrogen (secondary N) is 2. The molecule has 0 aliphatic carbocycles. The Bertz CT molecular complexity index is 759. The Morgan fingerprint density at radius 3 is 2.15 bits per heavy atom. The fraction of sp³-hybridized carbons (Fsp3) is 0.400. The van der Waals surface area contributed by atoms with Gasteiger partial charge in [0.2, 0.25) is 0 Å². The van der Waals surface area contributed by atoms with E-state index in [4.69, 9.17) is 4.65 Å². The largest absolute Gasteiger partial charge is 0.427 e. The summed E-state index contributed by atoms with van der Waals surface area (Å²) in [4.78, 5) is 2.01. The van der Waals surface area contributed by atoms with Crippen LogP contribution in [0.5, 0.6) is 0 Å². The molecule has 1 radical (unpaired) electrons. The maximum Gasteiger partial charge on any atom is 0.331 e. The lowest BCUT2D eigenvalue weighted by Gasteiger charge is -2.37. The highest BCUT2D eigenvalue weighted by atomic mass is 19.1. The molecule has 0 saturated heterocycles. The van der Waals surface area contributed by atoms with Crippen LogP contribution in [0.25, 0.3) is 0 Å². The van der Waals surface area contributed by atoms with Gasteiger partial charge in [0, 0.05) is 19.8 Å². The van der Waals surface area contributed by atoms with Crippen LogP contribution < -0.4 is 21.2 Å². The molecule has 27 heavy (non-hydrogen) atoms. The molecular formula is C20H28BFN3O2. The summed E-state index contributed by atoms with van der Waals surface area (Å²) < 4.78 is 20.0. The summed E-state index contributed by atoms with van der Waals surface area (Å²) in [6, 6.07) is 12.5. The Balaban J connectivity index is 1.96. The fourth-order valence-corrected chi connectivity index (χ4v) is 2.05. The molecule has 0 fully saturated rings. The standard InChI is InChI=1S/C20H28BFN3O2/c1-19(2,26)20(3,4)27-21-14-7-12-18(17(22)13-14)24-23-15-8-10-16(11-9-15)25(5)6/h7-13,23-24,26H,1-6H3. The first-order valence-electron chi connectivity index (χ1n) is 8.82. The van der Waals surface area contributed by atoms with Crippen molar-refractivity contribution < 1.29 is 14.2 Å². The van der Waals surface area contributed by atoms with E-state index in [9.17, 15) is 9.50 Å². The third kappa shape index (κ3) is 5.61. The second kappa shape index (κ2) is 8.19. The molecule has 0 saturated carbocycles. The van der Waals surface area contributed by atoms with Crippen molar-refractivity contribution in [3.63, 3.8) is 0 Å². The van der Waals surface area contributed by atoms with Crippen molar-refractivity contribution in [2.45, 2.75) is 38.9 Å². The van der Waals surface area contributed by atoms with Crippen LogP contribution in [0.1, 0.15) is 27.7 Å². The number of anilines is 3. The van der Waals surface area contributed by atoms with Crippen LogP contribution in [0.15, 0.2) is 42.5 Å². The molecule has 0 bridgehead atoms. The Kier molecular flexibility index (Phi) is 6.39. The van der Waals surface area contributed by atoms with E-state index in [1.54, 1.807) is 39.8 Å². The molecule has 2 aromatic carbocycles. The summed E-state index contributed by atoms with van der Waals surface area (Å²) in [5.74, 6) is -0.411. The van der Waals surface area contributed by atoms with E-state index in [-0.39, 0.29) is 0 Å². The lowest BCUT2D eigenvalue weighted by Crippen LogP contribution is -2.49. The molecule has 2 rings (SSSR count). The van der Waals surface area contributed by atoms with Gasteiger partial charge in [-0.15, -0.1) is 0 Å². The molecule has 0 unspecified atom stereocenters. The van der Waals surface area contributed by atoms with Gasteiger partial charge in [-0.3, -0.25) is 5.43 Å². The zero-order valence-electron chi connectivity index (χ0n) is 16.8. The lowest BCUT2D eigenvalue weighted by atomic mass is 9.82. The maximum absolute atomic E-state index is 14.3. The Morgan fingerprint density at radius 2 is 1.63 bits per heavy atom. The quantitative estimate of drug-likeness (QED) is 0.491. The summed E-state index contributed by atoms with van der Waals surface area (Å²) in [6.45, 7) is 6.90. The van der Waals surface area contributed by atoms with Gasteiger partial charge in [-0.05, 0) is 64.1 Å². The highest BCUT2D eigenvalue weighted by molar-refractivity contribution is 6.47. The van der Waals surface area contributed by atoms with Gasteiger partial charge in [-0.25, -0.2) is 4.39 Å². The van der Waals surface area contributed by atoms with Crippen molar-refractivity contribution in [1.82, 2.24) is 0 Å². The smallest absolute Gasteiger partial charge is 0.331 e. The lowest BCUT2D eigenvalue weighted by molar-refractivity contribution is -0.0893. The zero-order valence-corrected chi connectivity index (χ0v) is 16.8. The van der Waals surface area contributed by atoms with Crippen molar-refractivity contribution in [1.29, 1.82) is 0 Å². The first kappa shape index (κ1) is 21.1. The van der Waals surface area contributed by atoms with Crippen LogP contribution in [-0.4, -0.2) is 37.9 Å². The SMILES string of the molecule is CN(C)c1ccc(NNc2ccc([B]OC(C)(C)C(C)(C)O)cc2F)cc1. The van der Waals surface area contributed by atoms with E-state index in [1.807, 2.05) is 43.3 Å². The highest BCUT2D eigenvalue weighted by Crippen LogP contribution is 2.24. The van der Waals surface area contributed by atoms with Crippen LogP contribution in [0, 0.1) is 5.82 Å².